The molecule has 1 aliphatic carbocycles. The SMILES string of the molecule is C=PCCC(NC(=O)OC1CC2OCOC2C1)C(CN(CC(C)C)S(=O)(=O)c1ccc(CO)cc1)OC. The molecular formula is C25H39N2O8PS. The van der Waals surface area contributed by atoms with Gasteiger partial charge in [-0.2, -0.15) is 4.31 Å². The molecule has 1 saturated heterocycles. The molecule has 1 saturated carbocycles. The van der Waals surface area contributed by atoms with Crippen molar-refractivity contribution in [2.75, 3.05) is 33.2 Å². The Morgan fingerprint density at radius 3 is 2.41 bits per heavy atom. The molecule has 10 nitrogen and oxygen atoms in total. The first-order valence-corrected chi connectivity index (χ1v) is 15.2. The first kappa shape index (κ1) is 30.0. The molecule has 1 amide bonds. The molecule has 2 fully saturated rings. The number of rotatable bonds is 14. The van der Waals surface area contributed by atoms with Gasteiger partial charge in [-0.05, 0) is 36.2 Å². The molecule has 0 radical (unpaired) electrons. The molecule has 3 rings (SSSR count). The maximum atomic E-state index is 13.6. The second kappa shape index (κ2) is 14.0. The fourth-order valence-corrected chi connectivity index (χ4v) is 6.73. The molecule has 1 aromatic rings. The van der Waals surface area contributed by atoms with Crippen molar-refractivity contribution in [1.29, 1.82) is 0 Å². The van der Waals surface area contributed by atoms with Crippen LogP contribution < -0.4 is 5.32 Å². The summed E-state index contributed by atoms with van der Waals surface area (Å²) in [7, 11) is -1.44. The Morgan fingerprint density at radius 2 is 1.86 bits per heavy atom. The Hall–Kier alpha value is -1.59. The van der Waals surface area contributed by atoms with Crippen molar-refractivity contribution in [1.82, 2.24) is 9.62 Å². The lowest BCUT2D eigenvalue weighted by atomic mass is 10.1. The number of amides is 1. The lowest BCUT2D eigenvalue weighted by Gasteiger charge is -2.32. The molecule has 208 valence electrons. The minimum atomic E-state index is -3.85. The molecule has 4 unspecified atom stereocenters. The molecule has 2 N–H and O–H groups in total. The molecule has 4 atom stereocenters. The third-order valence-electron chi connectivity index (χ3n) is 6.59. The second-order valence-electron chi connectivity index (χ2n) is 9.81. The summed E-state index contributed by atoms with van der Waals surface area (Å²) < 4.78 is 50.9. The summed E-state index contributed by atoms with van der Waals surface area (Å²) >= 11 is 0. The Balaban J connectivity index is 1.72. The van der Waals surface area contributed by atoms with E-state index in [0.29, 0.717) is 31.0 Å². The van der Waals surface area contributed by atoms with E-state index in [4.69, 9.17) is 18.9 Å². The van der Waals surface area contributed by atoms with Crippen LogP contribution in [0.4, 0.5) is 4.79 Å². The molecule has 0 aromatic heterocycles. The van der Waals surface area contributed by atoms with Crippen LogP contribution in [0, 0.1) is 5.92 Å². The van der Waals surface area contributed by atoms with Crippen LogP contribution in [0.15, 0.2) is 29.2 Å². The number of hydrogen-bond acceptors (Lipinski definition) is 8. The number of ether oxygens (including phenoxy) is 4. The van der Waals surface area contributed by atoms with Crippen LogP contribution in [0.5, 0.6) is 0 Å². The highest BCUT2D eigenvalue weighted by Gasteiger charge is 2.42. The number of sulfonamides is 1. The van der Waals surface area contributed by atoms with Gasteiger partial charge in [-0.15, -0.1) is 8.20 Å². The summed E-state index contributed by atoms with van der Waals surface area (Å²) in [6.07, 6.45) is 4.69. The van der Waals surface area contributed by atoms with Gasteiger partial charge in [-0.1, -0.05) is 32.3 Å². The van der Waals surface area contributed by atoms with Crippen molar-refractivity contribution < 1.29 is 37.3 Å². The molecule has 0 bridgehead atoms. The average Bonchev–Trinajstić information content (AvgIpc) is 3.46. The molecule has 2 aliphatic rings. The van der Waals surface area contributed by atoms with Crippen LogP contribution in [0.2, 0.25) is 0 Å². The fourth-order valence-electron chi connectivity index (χ4n) is 4.66. The lowest BCUT2D eigenvalue weighted by molar-refractivity contribution is 0.000842. The first-order chi connectivity index (χ1) is 17.7. The maximum absolute atomic E-state index is 13.6. The van der Waals surface area contributed by atoms with Crippen molar-refractivity contribution in [3.63, 3.8) is 0 Å². The van der Waals surface area contributed by atoms with Crippen molar-refractivity contribution >= 4 is 30.6 Å². The van der Waals surface area contributed by atoms with E-state index in [1.807, 2.05) is 13.8 Å². The standard InChI is InChI=1S/C25H39N2O8PS/c1-17(2)13-27(37(30,31)20-7-5-18(15-28)6-8-20)14-24(32-3)21(9-10-36-4)26-25(29)35-19-11-22-23(12-19)34-16-33-22/h5-8,17,19,21-24,28H,4,9-16H2,1-3H3,(H,26,29). The van der Waals surface area contributed by atoms with E-state index in [9.17, 15) is 18.3 Å². The zero-order valence-electron chi connectivity index (χ0n) is 21.7. The average molecular weight is 559 g/mol. The van der Waals surface area contributed by atoms with E-state index in [-0.39, 0.29) is 55.6 Å². The van der Waals surface area contributed by atoms with Gasteiger partial charge in [0.05, 0.1) is 35.9 Å². The normalized spacial score (nSPS) is 23.4. The number of benzene rings is 1. The Kier molecular flexibility index (Phi) is 11.3. The van der Waals surface area contributed by atoms with Crippen molar-refractivity contribution in [2.45, 2.75) is 75.1 Å². The summed E-state index contributed by atoms with van der Waals surface area (Å²) in [5, 5.41) is 12.2. The molecule has 0 spiro atoms. The molecule has 12 heteroatoms. The minimum Gasteiger partial charge on any atom is -0.446 e. The van der Waals surface area contributed by atoms with Gasteiger partial charge in [0.2, 0.25) is 10.0 Å². The number of fused-ring (bicyclic) bond motifs is 1. The molecule has 1 aliphatic heterocycles. The van der Waals surface area contributed by atoms with Crippen LogP contribution in [0.1, 0.15) is 38.7 Å². The van der Waals surface area contributed by atoms with Gasteiger partial charge in [0.25, 0.3) is 0 Å². The highest BCUT2D eigenvalue weighted by molar-refractivity contribution is 7.89. The van der Waals surface area contributed by atoms with Gasteiger partial charge in [-0.25, -0.2) is 13.2 Å². The number of nitrogens with one attached hydrogen (secondary N) is 1. The number of nitrogens with zero attached hydrogens (tertiary/aromatic N) is 1. The van der Waals surface area contributed by atoms with E-state index in [0.717, 1.165) is 8.20 Å². The van der Waals surface area contributed by atoms with Gasteiger partial charge < -0.3 is 29.4 Å². The predicted octanol–water partition coefficient (Wildman–Crippen LogP) is 2.61. The Bertz CT molecular complexity index is 979. The van der Waals surface area contributed by atoms with Gasteiger partial charge >= 0.3 is 6.09 Å². The largest absolute Gasteiger partial charge is 0.446 e. The van der Waals surface area contributed by atoms with E-state index in [2.05, 4.69) is 11.6 Å². The van der Waals surface area contributed by atoms with Gasteiger partial charge in [0.1, 0.15) is 12.9 Å². The van der Waals surface area contributed by atoms with Crippen LogP contribution in [0.3, 0.4) is 0 Å². The van der Waals surface area contributed by atoms with Gasteiger partial charge in [0, 0.05) is 33.0 Å². The number of methoxy groups -OCH3 is 1. The number of aliphatic hydroxyl groups excluding tert-OH is 1. The quantitative estimate of drug-likeness (QED) is 0.334. The van der Waals surface area contributed by atoms with Crippen LogP contribution in [0.25, 0.3) is 0 Å². The van der Waals surface area contributed by atoms with Crippen molar-refractivity contribution in [3.8, 4) is 0 Å². The third kappa shape index (κ3) is 8.20. The number of alkyl carbamates (subject to hydrolysis) is 1. The van der Waals surface area contributed by atoms with Gasteiger partial charge in [0.15, 0.2) is 0 Å². The summed E-state index contributed by atoms with van der Waals surface area (Å²) in [4.78, 5) is 13.0. The summed E-state index contributed by atoms with van der Waals surface area (Å²) in [6.45, 7) is 4.32. The van der Waals surface area contributed by atoms with Crippen molar-refractivity contribution in [2.24, 2.45) is 5.92 Å². The zero-order valence-corrected chi connectivity index (χ0v) is 23.5. The number of carbonyl (C=O) groups is 1. The van der Waals surface area contributed by atoms with Crippen molar-refractivity contribution in [3.05, 3.63) is 29.8 Å². The number of aliphatic hydroxyl groups is 1. The van der Waals surface area contributed by atoms with Crippen LogP contribution in [-0.4, -0.2) is 93.8 Å². The fraction of sp³-hybridized carbons (Fsp3) is 0.680. The highest BCUT2D eigenvalue weighted by atomic mass is 32.2. The molecule has 37 heavy (non-hydrogen) atoms. The lowest BCUT2D eigenvalue weighted by Crippen LogP contribution is -2.51. The molecule has 1 heterocycles. The van der Waals surface area contributed by atoms with E-state index < -0.39 is 28.3 Å². The van der Waals surface area contributed by atoms with Gasteiger partial charge in [-0.3, -0.25) is 0 Å². The topological polar surface area (TPSA) is 124 Å². The summed E-state index contributed by atoms with van der Waals surface area (Å²) in [5.74, 6) is 0.0602. The molecule has 1 aromatic carbocycles. The minimum absolute atomic E-state index is 0.0486. The molecular weight excluding hydrogens is 519 g/mol. The van der Waals surface area contributed by atoms with Crippen LogP contribution >= 0.6 is 8.20 Å². The summed E-state index contributed by atoms with van der Waals surface area (Å²) in [5.41, 5.74) is 0.628. The third-order valence-corrected chi connectivity index (χ3v) is 9.01. The van der Waals surface area contributed by atoms with E-state index >= 15 is 0 Å². The zero-order chi connectivity index (χ0) is 27.0. The first-order valence-electron chi connectivity index (χ1n) is 12.5. The maximum Gasteiger partial charge on any atom is 0.407 e. The number of hydrogen-bond donors (Lipinski definition) is 2. The number of carbonyl (C=O) groups excluding carboxylic acids is 1. The Morgan fingerprint density at radius 1 is 1.22 bits per heavy atom. The van der Waals surface area contributed by atoms with E-state index in [1.165, 1.54) is 23.5 Å². The predicted molar refractivity (Wildman–Crippen MR) is 141 cm³/mol. The second-order valence-corrected chi connectivity index (χ2v) is 12.6. The Labute approximate surface area is 221 Å². The highest BCUT2D eigenvalue weighted by Crippen LogP contribution is 2.31. The smallest absolute Gasteiger partial charge is 0.407 e. The van der Waals surface area contributed by atoms with E-state index in [1.54, 1.807) is 12.1 Å². The monoisotopic (exact) mass is 558 g/mol. The van der Waals surface area contributed by atoms with Crippen LogP contribution in [-0.2, 0) is 35.6 Å². The summed E-state index contributed by atoms with van der Waals surface area (Å²) in [6, 6.07) is 5.69.